The third-order valence-corrected chi connectivity index (χ3v) is 1.55. The molecule has 0 aromatic heterocycles. The van der Waals surface area contributed by atoms with Crippen molar-refractivity contribution in [3.63, 3.8) is 0 Å². The summed E-state index contributed by atoms with van der Waals surface area (Å²) in [5, 5.41) is 17.7. The molecule has 0 aliphatic rings. The maximum atomic E-state index is 9.13. The van der Waals surface area contributed by atoms with Crippen molar-refractivity contribution >= 4 is 11.4 Å². The molecule has 0 saturated heterocycles. The Kier molecular flexibility index (Phi) is 11.6. The average molecular weight is 300 g/mol. The van der Waals surface area contributed by atoms with Crippen molar-refractivity contribution in [2.75, 3.05) is 19.0 Å². The van der Waals surface area contributed by atoms with Crippen molar-refractivity contribution in [2.45, 2.75) is 0 Å². The van der Waals surface area contributed by atoms with Gasteiger partial charge in [-0.2, -0.15) is 0 Å². The fourth-order valence-corrected chi connectivity index (χ4v) is 0.955. The molecule has 0 aliphatic carbocycles. The van der Waals surface area contributed by atoms with Crippen molar-refractivity contribution in [2.24, 2.45) is 0 Å². The second-order valence-corrected chi connectivity index (χ2v) is 2.67. The number of phenols is 1. The normalized spacial score (nSPS) is 7.27. The van der Waals surface area contributed by atoms with Crippen LogP contribution in [0.2, 0.25) is 0 Å². The van der Waals surface area contributed by atoms with Gasteiger partial charge in [0.2, 0.25) is 5.39 Å². The van der Waals surface area contributed by atoms with E-state index in [1.54, 1.807) is 11.0 Å². The van der Waals surface area contributed by atoms with Crippen molar-refractivity contribution in [3.8, 4) is 5.75 Å². The summed E-state index contributed by atoms with van der Waals surface area (Å²) in [7, 11) is 3.62. The number of hydrogen-bond acceptors (Lipinski definition) is 3. The summed E-state index contributed by atoms with van der Waals surface area (Å²) in [6, 6.07) is 4.56. The van der Waals surface area contributed by atoms with Crippen LogP contribution < -0.4 is 29.7 Å². The molecule has 0 unspecified atom stereocenters. The van der Waals surface area contributed by atoms with Crippen molar-refractivity contribution in [3.05, 3.63) is 23.2 Å². The van der Waals surface area contributed by atoms with Crippen LogP contribution in [-0.2, 0) is 19.5 Å². The second kappa shape index (κ2) is 8.73. The van der Waals surface area contributed by atoms with Crippen LogP contribution in [0.1, 0.15) is 0 Å². The molecule has 0 spiro atoms. The van der Waals surface area contributed by atoms with E-state index >= 15 is 0 Å². The Hall–Kier alpha value is -0.557. The summed E-state index contributed by atoms with van der Waals surface area (Å²) in [4.78, 5) is 4.84. The van der Waals surface area contributed by atoms with E-state index in [1.165, 1.54) is 12.1 Å². The molecule has 4 nitrogen and oxygen atoms in total. The molecule has 0 fully saturated rings. The van der Waals surface area contributed by atoms with Crippen molar-refractivity contribution in [1.29, 1.82) is 5.39 Å². The number of hydrogen-bond donors (Lipinski definition) is 1. The number of rotatable bonds is 1. The molecule has 0 radical (unpaired) electrons. The van der Waals surface area contributed by atoms with Gasteiger partial charge >= 0.3 is 5.69 Å². The molecule has 1 aromatic carbocycles. The smallest absolute Gasteiger partial charge is 0.408 e. The first kappa shape index (κ1) is 19.9. The summed E-state index contributed by atoms with van der Waals surface area (Å²) in [5.74, 6) is 0.158. The van der Waals surface area contributed by atoms with Crippen LogP contribution in [0.4, 0.5) is 11.4 Å². The summed E-state index contributed by atoms with van der Waals surface area (Å²) < 4.78 is 0. The Morgan fingerprint density at radius 3 is 2.20 bits per heavy atom. The monoisotopic (exact) mass is 298 g/mol. The number of diazo groups is 1. The van der Waals surface area contributed by atoms with E-state index in [4.69, 9.17) is 10.5 Å². The van der Waals surface area contributed by atoms with Gasteiger partial charge in [0.05, 0.1) is 0 Å². The van der Waals surface area contributed by atoms with Gasteiger partial charge in [-0.3, -0.25) is 0 Å². The zero-order valence-corrected chi connectivity index (χ0v) is 13.0. The largest absolute Gasteiger partial charge is 1.00 e. The predicted octanol–water partition coefficient (Wildman–Crippen LogP) is -4.05. The third-order valence-electron chi connectivity index (χ3n) is 1.55. The summed E-state index contributed by atoms with van der Waals surface area (Å²) in [6.45, 7) is 0. The molecule has 80 valence electrons. The molecule has 0 atom stereocenters. The van der Waals surface area contributed by atoms with Gasteiger partial charge in [-0.1, -0.05) is 0 Å². The summed E-state index contributed by atoms with van der Waals surface area (Å²) in [6.07, 6.45) is 0. The van der Waals surface area contributed by atoms with Gasteiger partial charge in [0.15, 0.2) is 4.98 Å². The zero-order chi connectivity index (χ0) is 9.14. The van der Waals surface area contributed by atoms with Gasteiger partial charge in [0, 0.05) is 45.7 Å². The van der Waals surface area contributed by atoms with Crippen LogP contribution in [0.25, 0.3) is 4.98 Å². The maximum absolute atomic E-state index is 9.13. The Balaban J connectivity index is -0.000000480. The van der Waals surface area contributed by atoms with Crippen LogP contribution in [0, 0.1) is 5.39 Å². The first-order chi connectivity index (χ1) is 5.65. The van der Waals surface area contributed by atoms with E-state index in [1.807, 2.05) is 14.1 Å². The first-order valence-corrected chi connectivity index (χ1v) is 3.50. The number of phenolic OH excluding ortho intramolecular Hbond substituents is 1. The molecular weight excluding hydrogens is 290 g/mol. The van der Waals surface area contributed by atoms with Gasteiger partial charge in [0.1, 0.15) is 11.4 Å². The Bertz CT molecular complexity index is 341. The van der Waals surface area contributed by atoms with Crippen molar-refractivity contribution < 1.29 is 49.4 Å². The number of nitrogens with zero attached hydrogens (tertiary/aromatic N) is 3. The maximum Gasteiger partial charge on any atom is 0.408 e. The van der Waals surface area contributed by atoms with Crippen LogP contribution in [0.15, 0.2) is 18.2 Å². The quantitative estimate of drug-likeness (QED) is 0.424. The Labute approximate surface area is 114 Å². The number of anilines is 1. The Morgan fingerprint density at radius 1 is 1.27 bits per heavy atom. The molecule has 1 aromatic rings. The van der Waals surface area contributed by atoms with E-state index in [0.717, 1.165) is 0 Å². The molecule has 1 rings (SSSR count). The van der Waals surface area contributed by atoms with Gasteiger partial charge in [-0.25, -0.2) is 0 Å². The van der Waals surface area contributed by atoms with Gasteiger partial charge in [-0.05, 0) is 6.07 Å². The molecule has 7 heteroatoms. The molecule has 0 bridgehead atoms. The second-order valence-electron chi connectivity index (χ2n) is 2.67. The number of aromatic hydroxyl groups is 1. The van der Waals surface area contributed by atoms with Crippen LogP contribution in [0.3, 0.4) is 0 Å². The molecule has 0 aliphatic heterocycles. The molecule has 0 saturated carbocycles. The minimum Gasteiger partial charge on any atom is -1.00 e. The van der Waals surface area contributed by atoms with E-state index < -0.39 is 0 Å². The minimum absolute atomic E-state index is 0. The van der Waals surface area contributed by atoms with E-state index in [9.17, 15) is 0 Å². The molecule has 15 heavy (non-hydrogen) atoms. The van der Waals surface area contributed by atoms with Gasteiger partial charge < -0.3 is 34.8 Å². The molecule has 1 N–H and O–H groups in total. The number of halogens is 2. The first-order valence-electron chi connectivity index (χ1n) is 3.50. The SMILES string of the molecule is CN(C)c1cc(O)ccc1[N+]#N.[Cl-].[Cl-].[Zn]. The fourth-order valence-electron chi connectivity index (χ4n) is 0.955. The van der Waals surface area contributed by atoms with E-state index in [-0.39, 0.29) is 50.0 Å². The summed E-state index contributed by atoms with van der Waals surface area (Å²) in [5.41, 5.74) is 1.12. The van der Waals surface area contributed by atoms with E-state index in [2.05, 4.69) is 4.98 Å². The standard InChI is InChI=1S/C8H9N3O.2ClH.Zn/c1-11(2)8-5-6(12)3-4-7(8)10-9;;;/h3-5H,1-2H3;2*1H;/p-1. The van der Waals surface area contributed by atoms with Gasteiger partial charge in [-0.15, -0.1) is 0 Å². The van der Waals surface area contributed by atoms with Gasteiger partial charge in [0.25, 0.3) is 0 Å². The number of benzene rings is 1. The van der Waals surface area contributed by atoms with Crippen LogP contribution in [-0.4, -0.2) is 19.2 Å². The Morgan fingerprint density at radius 2 is 1.80 bits per heavy atom. The van der Waals surface area contributed by atoms with Crippen molar-refractivity contribution in [1.82, 2.24) is 0 Å². The topological polar surface area (TPSA) is 51.6 Å². The minimum atomic E-state index is 0. The van der Waals surface area contributed by atoms with Crippen LogP contribution in [0.5, 0.6) is 5.75 Å². The summed E-state index contributed by atoms with van der Waals surface area (Å²) >= 11 is 0. The molecule has 0 heterocycles. The molecular formula is C8H10Cl2N3OZn-. The average Bonchev–Trinajstić information content (AvgIpc) is 2.04. The molecule has 0 amide bonds. The fraction of sp³-hybridized carbons (Fsp3) is 0.250. The van der Waals surface area contributed by atoms with E-state index in [0.29, 0.717) is 11.4 Å². The zero-order valence-electron chi connectivity index (χ0n) is 8.48. The predicted molar refractivity (Wildman–Crippen MR) is 47.2 cm³/mol. The third kappa shape index (κ3) is 5.18. The van der Waals surface area contributed by atoms with Crippen LogP contribution >= 0.6 is 0 Å².